The molecule has 0 unspecified atom stereocenters. The molecule has 1 N–H and O–H groups in total. The van der Waals surface area contributed by atoms with Crippen LogP contribution in [-0.4, -0.2) is 32.1 Å². The van der Waals surface area contributed by atoms with Gasteiger partial charge in [0.15, 0.2) is 0 Å². The molecular formula is C16H21ClN2O. The van der Waals surface area contributed by atoms with Gasteiger partial charge in [-0.15, -0.1) is 0 Å². The number of nitrogens with zero attached hydrogens (tertiary/aromatic N) is 1. The second-order valence-electron chi connectivity index (χ2n) is 5.11. The number of nitrogens with one attached hydrogen (secondary N) is 1. The van der Waals surface area contributed by atoms with Crippen LogP contribution in [0.2, 0.25) is 5.02 Å². The van der Waals surface area contributed by atoms with E-state index in [0.717, 1.165) is 48.2 Å². The van der Waals surface area contributed by atoms with E-state index in [1.165, 1.54) is 0 Å². The molecule has 0 atom stereocenters. The van der Waals surface area contributed by atoms with E-state index >= 15 is 0 Å². The summed E-state index contributed by atoms with van der Waals surface area (Å²) in [5.74, 6) is 1.84. The molecule has 0 spiro atoms. The predicted octanol–water partition coefficient (Wildman–Crippen LogP) is 3.64. The third-order valence-electron chi connectivity index (χ3n) is 3.05. The molecule has 0 radical (unpaired) electrons. The van der Waals surface area contributed by atoms with Crippen LogP contribution >= 0.6 is 11.6 Å². The van der Waals surface area contributed by atoms with Gasteiger partial charge in [0.25, 0.3) is 0 Å². The zero-order valence-electron chi connectivity index (χ0n) is 12.0. The summed E-state index contributed by atoms with van der Waals surface area (Å²) in [6.45, 7) is 2.86. The number of hydrogen-bond acceptors (Lipinski definition) is 3. The van der Waals surface area contributed by atoms with Crippen molar-refractivity contribution in [1.82, 2.24) is 10.2 Å². The number of halogens is 1. The van der Waals surface area contributed by atoms with Gasteiger partial charge in [0.1, 0.15) is 11.5 Å². The first kappa shape index (κ1) is 15.1. The molecule has 0 saturated heterocycles. The van der Waals surface area contributed by atoms with Crippen molar-refractivity contribution in [3.8, 4) is 11.3 Å². The van der Waals surface area contributed by atoms with Crippen molar-refractivity contribution in [3.05, 3.63) is 47.2 Å². The minimum atomic E-state index is 0.739. The summed E-state index contributed by atoms with van der Waals surface area (Å²) >= 11 is 5.88. The summed E-state index contributed by atoms with van der Waals surface area (Å²) in [5, 5.41) is 4.13. The number of rotatable bonds is 7. The highest BCUT2D eigenvalue weighted by atomic mass is 35.5. The fourth-order valence-electron chi connectivity index (χ4n) is 1.97. The van der Waals surface area contributed by atoms with Crippen LogP contribution in [0.5, 0.6) is 0 Å². The smallest absolute Gasteiger partial charge is 0.134 e. The molecule has 20 heavy (non-hydrogen) atoms. The van der Waals surface area contributed by atoms with Gasteiger partial charge in [0, 0.05) is 10.6 Å². The average Bonchev–Trinajstić information content (AvgIpc) is 2.87. The Labute approximate surface area is 125 Å². The summed E-state index contributed by atoms with van der Waals surface area (Å²) in [5.41, 5.74) is 1.05. The fraction of sp³-hybridized carbons (Fsp3) is 0.375. The van der Waals surface area contributed by atoms with Crippen molar-refractivity contribution in [1.29, 1.82) is 0 Å². The fourth-order valence-corrected chi connectivity index (χ4v) is 2.10. The van der Waals surface area contributed by atoms with Gasteiger partial charge in [-0.3, -0.25) is 0 Å². The van der Waals surface area contributed by atoms with E-state index in [0.29, 0.717) is 0 Å². The lowest BCUT2D eigenvalue weighted by atomic mass is 10.2. The van der Waals surface area contributed by atoms with E-state index in [1.807, 2.05) is 36.4 Å². The Hall–Kier alpha value is -1.29. The van der Waals surface area contributed by atoms with Crippen LogP contribution in [0, 0.1) is 0 Å². The Morgan fingerprint density at radius 2 is 1.85 bits per heavy atom. The molecule has 0 bridgehead atoms. The summed E-state index contributed by atoms with van der Waals surface area (Å²) < 4.78 is 5.82. The summed E-state index contributed by atoms with van der Waals surface area (Å²) in [4.78, 5) is 2.19. The number of benzene rings is 1. The second kappa shape index (κ2) is 7.48. The van der Waals surface area contributed by atoms with E-state index in [9.17, 15) is 0 Å². The van der Waals surface area contributed by atoms with E-state index in [4.69, 9.17) is 16.0 Å². The maximum atomic E-state index is 5.88. The Bertz CT molecular complexity index is 520. The third kappa shape index (κ3) is 4.67. The molecule has 1 aromatic heterocycles. The van der Waals surface area contributed by atoms with Crippen LogP contribution in [0.3, 0.4) is 0 Å². The maximum absolute atomic E-state index is 5.88. The van der Waals surface area contributed by atoms with Crippen molar-refractivity contribution in [2.75, 3.05) is 27.2 Å². The normalized spacial score (nSPS) is 11.2. The van der Waals surface area contributed by atoms with Gasteiger partial charge in [0.05, 0.1) is 6.54 Å². The molecule has 1 heterocycles. The van der Waals surface area contributed by atoms with Crippen molar-refractivity contribution in [3.63, 3.8) is 0 Å². The molecule has 0 aliphatic rings. The highest BCUT2D eigenvalue weighted by Crippen LogP contribution is 2.23. The minimum Gasteiger partial charge on any atom is -0.460 e. The van der Waals surface area contributed by atoms with E-state index in [2.05, 4.69) is 24.3 Å². The Kier molecular flexibility index (Phi) is 5.65. The standard InChI is InChI=1S/C16H21ClN2O/c1-19(2)11-3-10-18-12-15-8-9-16(20-15)13-4-6-14(17)7-5-13/h4-9,18H,3,10-12H2,1-2H3. The van der Waals surface area contributed by atoms with Gasteiger partial charge < -0.3 is 14.6 Å². The van der Waals surface area contributed by atoms with Crippen LogP contribution in [0.1, 0.15) is 12.2 Å². The third-order valence-corrected chi connectivity index (χ3v) is 3.30. The van der Waals surface area contributed by atoms with E-state index in [1.54, 1.807) is 0 Å². The van der Waals surface area contributed by atoms with Crippen molar-refractivity contribution in [2.45, 2.75) is 13.0 Å². The van der Waals surface area contributed by atoms with Gasteiger partial charge in [0.2, 0.25) is 0 Å². The maximum Gasteiger partial charge on any atom is 0.134 e. The first-order chi connectivity index (χ1) is 9.65. The largest absolute Gasteiger partial charge is 0.460 e. The van der Waals surface area contributed by atoms with Crippen molar-refractivity contribution < 1.29 is 4.42 Å². The topological polar surface area (TPSA) is 28.4 Å². The van der Waals surface area contributed by atoms with Gasteiger partial charge >= 0.3 is 0 Å². The number of hydrogen-bond donors (Lipinski definition) is 1. The monoisotopic (exact) mass is 292 g/mol. The molecule has 108 valence electrons. The molecule has 0 aliphatic heterocycles. The van der Waals surface area contributed by atoms with E-state index < -0.39 is 0 Å². The van der Waals surface area contributed by atoms with E-state index in [-0.39, 0.29) is 0 Å². The molecule has 2 rings (SSSR count). The van der Waals surface area contributed by atoms with Crippen LogP contribution in [-0.2, 0) is 6.54 Å². The molecule has 3 nitrogen and oxygen atoms in total. The SMILES string of the molecule is CN(C)CCCNCc1ccc(-c2ccc(Cl)cc2)o1. The Morgan fingerprint density at radius 1 is 1.10 bits per heavy atom. The predicted molar refractivity (Wildman–Crippen MR) is 84.0 cm³/mol. The lowest BCUT2D eigenvalue weighted by molar-refractivity contribution is 0.391. The van der Waals surface area contributed by atoms with Crippen molar-refractivity contribution >= 4 is 11.6 Å². The molecule has 0 aliphatic carbocycles. The second-order valence-corrected chi connectivity index (χ2v) is 5.54. The average molecular weight is 293 g/mol. The van der Waals surface area contributed by atoms with Crippen LogP contribution in [0.4, 0.5) is 0 Å². The van der Waals surface area contributed by atoms with Gasteiger partial charge in [-0.05, 0) is 70.0 Å². The Morgan fingerprint density at radius 3 is 2.55 bits per heavy atom. The first-order valence-corrected chi connectivity index (χ1v) is 7.23. The van der Waals surface area contributed by atoms with Crippen LogP contribution < -0.4 is 5.32 Å². The molecule has 2 aromatic rings. The summed E-state index contributed by atoms with van der Waals surface area (Å²) in [7, 11) is 4.18. The van der Waals surface area contributed by atoms with Gasteiger partial charge in [-0.25, -0.2) is 0 Å². The molecule has 0 saturated carbocycles. The molecule has 1 aromatic carbocycles. The quantitative estimate of drug-likeness (QED) is 0.790. The molecular weight excluding hydrogens is 272 g/mol. The first-order valence-electron chi connectivity index (χ1n) is 6.85. The molecule has 0 fully saturated rings. The van der Waals surface area contributed by atoms with Crippen LogP contribution in [0.15, 0.2) is 40.8 Å². The lowest BCUT2D eigenvalue weighted by Gasteiger charge is -2.09. The number of furan rings is 1. The van der Waals surface area contributed by atoms with Crippen molar-refractivity contribution in [2.24, 2.45) is 0 Å². The van der Waals surface area contributed by atoms with Gasteiger partial charge in [-0.1, -0.05) is 11.6 Å². The van der Waals surface area contributed by atoms with Gasteiger partial charge in [-0.2, -0.15) is 0 Å². The zero-order chi connectivity index (χ0) is 14.4. The lowest BCUT2D eigenvalue weighted by Crippen LogP contribution is -2.20. The Balaban J connectivity index is 1.82. The highest BCUT2D eigenvalue weighted by molar-refractivity contribution is 6.30. The molecule has 4 heteroatoms. The summed E-state index contributed by atoms with van der Waals surface area (Å²) in [6.07, 6.45) is 1.14. The minimum absolute atomic E-state index is 0.739. The zero-order valence-corrected chi connectivity index (χ0v) is 12.8. The molecule has 0 amide bonds. The van der Waals surface area contributed by atoms with Crippen LogP contribution in [0.25, 0.3) is 11.3 Å². The summed E-state index contributed by atoms with van der Waals surface area (Å²) in [6, 6.07) is 11.7. The highest BCUT2D eigenvalue weighted by Gasteiger charge is 2.04.